The molecule has 0 spiro atoms. The molecule has 3 aromatic rings. The molecule has 0 bridgehead atoms. The fourth-order valence-electron chi connectivity index (χ4n) is 4.70. The molecule has 8 heteroatoms. The molecule has 36 heavy (non-hydrogen) atoms. The quantitative estimate of drug-likeness (QED) is 0.198. The van der Waals surface area contributed by atoms with Crippen molar-refractivity contribution in [1.29, 1.82) is 0 Å². The Kier molecular flexibility index (Phi) is 8.25. The second-order valence-corrected chi connectivity index (χ2v) is 9.13. The number of piperidine rings is 1. The van der Waals surface area contributed by atoms with Gasteiger partial charge < -0.3 is 24.8 Å². The van der Waals surface area contributed by atoms with Gasteiger partial charge in [-0.2, -0.15) is 0 Å². The van der Waals surface area contributed by atoms with E-state index < -0.39 is 0 Å². The first-order valence-electron chi connectivity index (χ1n) is 12.5. The molecule has 0 aliphatic carbocycles. The lowest BCUT2D eigenvalue weighted by molar-refractivity contribution is 0.0775. The number of aryl methyl sites for hydroxylation is 2. The van der Waals surface area contributed by atoms with Crippen molar-refractivity contribution in [2.24, 2.45) is 10.9 Å². The minimum Gasteiger partial charge on any atom is -0.497 e. The number of hydrogen-bond acceptors (Lipinski definition) is 6. The maximum Gasteiger partial charge on any atom is 0.204 e. The first-order chi connectivity index (χ1) is 17.5. The Morgan fingerprint density at radius 2 is 1.83 bits per heavy atom. The van der Waals surface area contributed by atoms with Gasteiger partial charge in [-0.25, -0.2) is 4.98 Å². The number of oxime groups is 1. The van der Waals surface area contributed by atoms with Gasteiger partial charge in [0, 0.05) is 42.8 Å². The van der Waals surface area contributed by atoms with Gasteiger partial charge in [0.1, 0.15) is 11.6 Å². The number of rotatable bonds is 10. The van der Waals surface area contributed by atoms with Crippen LogP contribution in [-0.4, -0.2) is 48.0 Å². The second kappa shape index (κ2) is 11.7. The summed E-state index contributed by atoms with van der Waals surface area (Å²) >= 11 is 0. The molecule has 1 saturated heterocycles. The van der Waals surface area contributed by atoms with Gasteiger partial charge in [-0.3, -0.25) is 4.79 Å². The molecule has 0 radical (unpaired) electrons. The normalized spacial score (nSPS) is 14.1. The Morgan fingerprint density at radius 3 is 2.56 bits per heavy atom. The molecule has 3 heterocycles. The van der Waals surface area contributed by atoms with Crippen molar-refractivity contribution in [3.05, 3.63) is 76.7 Å². The van der Waals surface area contributed by atoms with Crippen LogP contribution in [0.4, 0.5) is 5.82 Å². The second-order valence-electron chi connectivity index (χ2n) is 9.13. The minimum absolute atomic E-state index is 0.127. The van der Waals surface area contributed by atoms with Crippen molar-refractivity contribution in [3.8, 4) is 5.75 Å². The summed E-state index contributed by atoms with van der Waals surface area (Å²) in [6, 6.07) is 13.7. The van der Waals surface area contributed by atoms with E-state index in [0.29, 0.717) is 5.56 Å². The zero-order chi connectivity index (χ0) is 25.5. The summed E-state index contributed by atoms with van der Waals surface area (Å²) in [5, 5.41) is 4.05. The molecule has 2 N–H and O–H groups in total. The summed E-state index contributed by atoms with van der Waals surface area (Å²) in [7, 11) is 1.66. The van der Waals surface area contributed by atoms with Crippen LogP contribution in [0, 0.1) is 13.8 Å². The number of Topliss-reactive ketones (excluding diaryl/α,β-unsaturated/α-hetero) is 1. The Labute approximate surface area is 212 Å². The summed E-state index contributed by atoms with van der Waals surface area (Å²) in [6.45, 7) is 6.48. The van der Waals surface area contributed by atoms with E-state index in [1.165, 1.54) is 12.0 Å². The predicted octanol–water partition coefficient (Wildman–Crippen LogP) is 4.26. The Hall–Kier alpha value is -3.81. The maximum atomic E-state index is 12.9. The Bertz CT molecular complexity index is 1210. The summed E-state index contributed by atoms with van der Waals surface area (Å²) in [6.07, 6.45) is 6.12. The molecule has 0 atom stereocenters. The third-order valence-corrected chi connectivity index (χ3v) is 6.73. The van der Waals surface area contributed by atoms with E-state index in [0.717, 1.165) is 67.4 Å². The van der Waals surface area contributed by atoms with Crippen LogP contribution in [0.25, 0.3) is 0 Å². The molecule has 4 rings (SSSR count). The molecule has 0 saturated carbocycles. The Balaban J connectivity index is 1.38. The van der Waals surface area contributed by atoms with Crippen LogP contribution in [0.5, 0.6) is 5.75 Å². The average Bonchev–Trinajstić information content (AvgIpc) is 3.21. The summed E-state index contributed by atoms with van der Waals surface area (Å²) in [4.78, 5) is 25.1. The largest absolute Gasteiger partial charge is 0.497 e. The molecule has 1 fully saturated rings. The van der Waals surface area contributed by atoms with E-state index in [2.05, 4.69) is 31.7 Å². The molecular formula is C28H35N5O3. The highest BCUT2D eigenvalue weighted by Crippen LogP contribution is 2.22. The van der Waals surface area contributed by atoms with Gasteiger partial charge in [-0.15, -0.1) is 0 Å². The van der Waals surface area contributed by atoms with E-state index in [9.17, 15) is 4.79 Å². The number of pyridine rings is 1. The molecule has 0 unspecified atom stereocenters. The lowest BCUT2D eigenvalue weighted by atomic mass is 10.1. The highest BCUT2D eigenvalue weighted by atomic mass is 16.6. The third kappa shape index (κ3) is 5.87. The van der Waals surface area contributed by atoms with Crippen LogP contribution >= 0.6 is 0 Å². The maximum absolute atomic E-state index is 12.9. The number of ketones is 1. The number of hydrogen-bond donors (Lipinski definition) is 1. The van der Waals surface area contributed by atoms with Gasteiger partial charge in [0.25, 0.3) is 0 Å². The number of benzene rings is 1. The van der Waals surface area contributed by atoms with Crippen molar-refractivity contribution in [2.75, 3.05) is 31.7 Å². The van der Waals surface area contributed by atoms with Crippen LogP contribution in [0.3, 0.4) is 0 Å². The van der Waals surface area contributed by atoms with Crippen molar-refractivity contribution in [3.63, 3.8) is 0 Å². The fourth-order valence-corrected chi connectivity index (χ4v) is 4.70. The fraction of sp³-hybridized carbons (Fsp3) is 0.393. The van der Waals surface area contributed by atoms with Crippen LogP contribution in [0.15, 0.2) is 53.8 Å². The van der Waals surface area contributed by atoms with Crippen LogP contribution in [0.2, 0.25) is 0 Å². The zero-order valence-corrected chi connectivity index (χ0v) is 21.4. The van der Waals surface area contributed by atoms with Crippen molar-refractivity contribution in [2.45, 2.75) is 46.1 Å². The van der Waals surface area contributed by atoms with Crippen LogP contribution < -0.4 is 15.4 Å². The monoisotopic (exact) mass is 489 g/mol. The highest BCUT2D eigenvalue weighted by Gasteiger charge is 2.19. The Morgan fingerprint density at radius 1 is 1.08 bits per heavy atom. The first-order valence-corrected chi connectivity index (χ1v) is 12.5. The van der Waals surface area contributed by atoms with Crippen molar-refractivity contribution >= 4 is 17.4 Å². The van der Waals surface area contributed by atoms with Gasteiger partial charge >= 0.3 is 0 Å². The molecule has 190 valence electrons. The SMILES string of the molecule is COc1ccc(CCn2c(C)cc(C(=O)CO/N=C(/N)c3cccnc3N3CCCCC3)c2C)cc1. The number of nitrogens with two attached hydrogens (primary N) is 1. The number of carbonyl (C=O) groups excluding carboxylic acids is 1. The molecular weight excluding hydrogens is 454 g/mol. The van der Waals surface area contributed by atoms with Crippen molar-refractivity contribution < 1.29 is 14.4 Å². The standard InChI is InChI=1S/C28H35N5O3/c1-20-18-25(21(2)33(20)17-13-22-9-11-23(35-3)12-10-22)26(34)19-36-31-27(29)24-8-7-14-30-28(24)32-15-5-4-6-16-32/h7-12,14,18H,4-6,13,15-17,19H2,1-3H3,(H2,29,31). The lowest BCUT2D eigenvalue weighted by Gasteiger charge is -2.29. The minimum atomic E-state index is -0.178. The van der Waals surface area contributed by atoms with Crippen LogP contribution in [-0.2, 0) is 17.8 Å². The molecule has 8 nitrogen and oxygen atoms in total. The lowest BCUT2D eigenvalue weighted by Crippen LogP contribution is -2.32. The number of nitrogens with zero attached hydrogens (tertiary/aromatic N) is 4. The first kappa shape index (κ1) is 25.3. The number of methoxy groups -OCH3 is 1. The number of carbonyl (C=O) groups is 1. The number of amidine groups is 1. The molecule has 0 amide bonds. The number of anilines is 1. The summed E-state index contributed by atoms with van der Waals surface area (Å²) in [5.74, 6) is 1.75. The molecule has 1 aliphatic rings. The van der Waals surface area contributed by atoms with Crippen molar-refractivity contribution in [1.82, 2.24) is 9.55 Å². The van der Waals surface area contributed by atoms with Gasteiger partial charge in [-0.1, -0.05) is 17.3 Å². The van der Waals surface area contributed by atoms with Gasteiger partial charge in [0.2, 0.25) is 5.78 Å². The number of ether oxygens (including phenoxy) is 1. The highest BCUT2D eigenvalue weighted by molar-refractivity contribution is 6.02. The average molecular weight is 490 g/mol. The molecule has 1 aromatic carbocycles. The summed E-state index contributed by atoms with van der Waals surface area (Å²) < 4.78 is 7.39. The van der Waals surface area contributed by atoms with E-state index in [1.807, 2.05) is 44.2 Å². The van der Waals surface area contributed by atoms with E-state index in [-0.39, 0.29) is 18.2 Å². The molecule has 1 aliphatic heterocycles. The molecule has 2 aromatic heterocycles. The van der Waals surface area contributed by atoms with Crippen LogP contribution in [0.1, 0.15) is 52.1 Å². The van der Waals surface area contributed by atoms with E-state index >= 15 is 0 Å². The summed E-state index contributed by atoms with van der Waals surface area (Å²) in [5.41, 5.74) is 10.8. The predicted molar refractivity (Wildman–Crippen MR) is 142 cm³/mol. The van der Waals surface area contributed by atoms with E-state index in [1.54, 1.807) is 13.3 Å². The van der Waals surface area contributed by atoms with E-state index in [4.69, 9.17) is 15.3 Å². The number of aromatic nitrogens is 2. The zero-order valence-electron chi connectivity index (χ0n) is 21.4. The van der Waals surface area contributed by atoms with Gasteiger partial charge in [-0.05, 0) is 75.4 Å². The third-order valence-electron chi connectivity index (χ3n) is 6.73. The van der Waals surface area contributed by atoms with Gasteiger partial charge in [0.05, 0.1) is 12.7 Å². The van der Waals surface area contributed by atoms with Gasteiger partial charge in [0.15, 0.2) is 12.4 Å². The smallest absolute Gasteiger partial charge is 0.204 e. The topological polar surface area (TPSA) is 95.0 Å².